The van der Waals surface area contributed by atoms with E-state index in [0.29, 0.717) is 0 Å². The van der Waals surface area contributed by atoms with Gasteiger partial charge < -0.3 is 9.32 Å². The van der Waals surface area contributed by atoms with Crippen LogP contribution < -0.4 is 4.90 Å². The molecule has 10 aromatic rings. The van der Waals surface area contributed by atoms with Crippen molar-refractivity contribution in [2.45, 2.75) is 0 Å². The maximum atomic E-state index is 6.39. The third kappa shape index (κ3) is 5.81. The van der Waals surface area contributed by atoms with Gasteiger partial charge in [-0.05, 0) is 110 Å². The van der Waals surface area contributed by atoms with Crippen LogP contribution in [0.25, 0.3) is 77.2 Å². The molecule has 0 radical (unpaired) electrons. The van der Waals surface area contributed by atoms with Crippen molar-refractivity contribution >= 4 is 49.8 Å². The van der Waals surface area contributed by atoms with Crippen molar-refractivity contribution in [3.8, 4) is 44.5 Å². The third-order valence-electron chi connectivity index (χ3n) is 10.5. The van der Waals surface area contributed by atoms with Crippen LogP contribution in [0.15, 0.2) is 217 Å². The Labute approximate surface area is 314 Å². The lowest BCUT2D eigenvalue weighted by Gasteiger charge is -2.28. The zero-order chi connectivity index (χ0) is 35.8. The van der Waals surface area contributed by atoms with Gasteiger partial charge in [0.05, 0.1) is 5.69 Å². The Morgan fingerprint density at radius 1 is 0.296 bits per heavy atom. The van der Waals surface area contributed by atoms with Gasteiger partial charge in [0.2, 0.25) is 0 Å². The zero-order valence-corrected chi connectivity index (χ0v) is 29.6. The summed E-state index contributed by atoms with van der Waals surface area (Å²) in [6.07, 6.45) is 0. The second-order valence-electron chi connectivity index (χ2n) is 13.8. The van der Waals surface area contributed by atoms with Gasteiger partial charge in [-0.15, -0.1) is 0 Å². The zero-order valence-electron chi connectivity index (χ0n) is 29.6. The SMILES string of the molecule is c1ccc(-c2ccc(N(c3ccc(-c4cccc(-c5ccccc5)c4)cc3)c3ccccc3-c3ccc4oc5cc6ccccc6cc5c4c3)cc2)cc1. The van der Waals surface area contributed by atoms with Crippen molar-refractivity contribution in [3.63, 3.8) is 0 Å². The van der Waals surface area contributed by atoms with Crippen molar-refractivity contribution in [2.24, 2.45) is 0 Å². The highest BCUT2D eigenvalue weighted by molar-refractivity contribution is 6.11. The quantitative estimate of drug-likeness (QED) is 0.166. The van der Waals surface area contributed by atoms with Gasteiger partial charge in [-0.3, -0.25) is 0 Å². The van der Waals surface area contributed by atoms with E-state index in [1.165, 1.54) is 44.2 Å². The summed E-state index contributed by atoms with van der Waals surface area (Å²) in [4.78, 5) is 2.37. The fourth-order valence-corrected chi connectivity index (χ4v) is 7.72. The molecule has 1 heterocycles. The van der Waals surface area contributed by atoms with Gasteiger partial charge in [-0.1, -0.05) is 152 Å². The van der Waals surface area contributed by atoms with Gasteiger partial charge in [-0.25, -0.2) is 0 Å². The third-order valence-corrected chi connectivity index (χ3v) is 10.5. The number of hydrogen-bond donors (Lipinski definition) is 0. The van der Waals surface area contributed by atoms with E-state index >= 15 is 0 Å². The summed E-state index contributed by atoms with van der Waals surface area (Å²) in [6.45, 7) is 0. The molecule has 0 spiro atoms. The summed E-state index contributed by atoms with van der Waals surface area (Å²) in [5.41, 5.74) is 14.5. The molecule has 0 saturated heterocycles. The molecule has 0 atom stereocenters. The molecule has 1 aromatic heterocycles. The number of benzene rings is 9. The topological polar surface area (TPSA) is 16.4 Å². The average Bonchev–Trinajstić information content (AvgIpc) is 3.61. The Morgan fingerprint density at radius 2 is 0.778 bits per heavy atom. The first-order valence-corrected chi connectivity index (χ1v) is 18.4. The van der Waals surface area contributed by atoms with Crippen LogP contribution in [0.4, 0.5) is 17.1 Å². The molecule has 0 aliphatic heterocycles. The summed E-state index contributed by atoms with van der Waals surface area (Å²) in [7, 11) is 0. The molecule has 2 nitrogen and oxygen atoms in total. The minimum absolute atomic E-state index is 0.891. The molecule has 0 fully saturated rings. The van der Waals surface area contributed by atoms with Crippen molar-refractivity contribution in [2.75, 3.05) is 4.90 Å². The first-order chi connectivity index (χ1) is 26.7. The summed E-state index contributed by atoms with van der Waals surface area (Å²) in [5, 5.41) is 4.63. The van der Waals surface area contributed by atoms with Crippen molar-refractivity contribution in [3.05, 3.63) is 212 Å². The van der Waals surface area contributed by atoms with Crippen molar-refractivity contribution in [1.29, 1.82) is 0 Å². The van der Waals surface area contributed by atoms with Crippen LogP contribution >= 0.6 is 0 Å². The van der Waals surface area contributed by atoms with Gasteiger partial charge in [-0.2, -0.15) is 0 Å². The van der Waals surface area contributed by atoms with E-state index in [1.807, 2.05) is 0 Å². The monoisotopic (exact) mass is 689 g/mol. The van der Waals surface area contributed by atoms with Gasteiger partial charge in [0, 0.05) is 27.7 Å². The molecule has 254 valence electrons. The van der Waals surface area contributed by atoms with E-state index in [1.54, 1.807) is 0 Å². The van der Waals surface area contributed by atoms with Gasteiger partial charge in [0.25, 0.3) is 0 Å². The fraction of sp³-hybridized carbons (Fsp3) is 0. The second-order valence-corrected chi connectivity index (χ2v) is 13.8. The molecule has 0 unspecified atom stereocenters. The highest BCUT2D eigenvalue weighted by atomic mass is 16.3. The van der Waals surface area contributed by atoms with Crippen LogP contribution in [0.2, 0.25) is 0 Å². The number of furan rings is 1. The Bertz CT molecular complexity index is 2910. The number of rotatable bonds is 7. The first-order valence-electron chi connectivity index (χ1n) is 18.4. The van der Waals surface area contributed by atoms with E-state index < -0.39 is 0 Å². The standard InChI is InChI=1S/C52H35NO/c1-3-12-36(13-4-1)38-22-27-45(28-23-38)53(46-29-24-39(25-30-46)41-19-11-18-40(32-41)37-14-5-2-6-15-37)50-21-10-9-20-47(50)44-26-31-51-48(34-44)49-33-42-16-7-8-17-43(42)35-52(49)54-51/h1-35H. The molecule has 0 aliphatic carbocycles. The lowest BCUT2D eigenvalue weighted by atomic mass is 9.97. The molecular weight excluding hydrogens is 655 g/mol. The Morgan fingerprint density at radius 3 is 1.44 bits per heavy atom. The van der Waals surface area contributed by atoms with Gasteiger partial charge in [0.15, 0.2) is 0 Å². The van der Waals surface area contributed by atoms with E-state index in [9.17, 15) is 0 Å². The Kier molecular flexibility index (Phi) is 7.85. The van der Waals surface area contributed by atoms with Crippen LogP contribution in [0, 0.1) is 0 Å². The largest absolute Gasteiger partial charge is 0.456 e. The number of anilines is 3. The highest BCUT2D eigenvalue weighted by Crippen LogP contribution is 2.43. The maximum Gasteiger partial charge on any atom is 0.136 e. The van der Waals surface area contributed by atoms with E-state index in [-0.39, 0.29) is 0 Å². The van der Waals surface area contributed by atoms with Gasteiger partial charge >= 0.3 is 0 Å². The highest BCUT2D eigenvalue weighted by Gasteiger charge is 2.19. The fourth-order valence-electron chi connectivity index (χ4n) is 7.72. The minimum atomic E-state index is 0.891. The normalized spacial score (nSPS) is 11.3. The molecule has 2 heteroatoms. The predicted molar refractivity (Wildman–Crippen MR) is 228 cm³/mol. The molecule has 9 aromatic carbocycles. The van der Waals surface area contributed by atoms with E-state index in [0.717, 1.165) is 50.1 Å². The second kappa shape index (κ2) is 13.4. The Hall–Kier alpha value is -7.16. The number of fused-ring (bicyclic) bond motifs is 4. The van der Waals surface area contributed by atoms with E-state index in [4.69, 9.17) is 4.42 Å². The molecular formula is C52H35NO. The number of para-hydroxylation sites is 1. The summed E-state index contributed by atoms with van der Waals surface area (Å²) in [5.74, 6) is 0. The van der Waals surface area contributed by atoms with Crippen molar-refractivity contribution in [1.82, 2.24) is 0 Å². The molecule has 0 bridgehead atoms. The van der Waals surface area contributed by atoms with Crippen LogP contribution in [-0.4, -0.2) is 0 Å². The number of nitrogens with zero attached hydrogens (tertiary/aromatic N) is 1. The molecule has 10 rings (SSSR count). The van der Waals surface area contributed by atoms with Crippen LogP contribution in [0.1, 0.15) is 0 Å². The lowest BCUT2D eigenvalue weighted by Crippen LogP contribution is -2.11. The summed E-state index contributed by atoms with van der Waals surface area (Å²) in [6, 6.07) is 75.9. The Balaban J connectivity index is 1.09. The number of hydrogen-bond acceptors (Lipinski definition) is 2. The van der Waals surface area contributed by atoms with E-state index in [2.05, 4.69) is 217 Å². The summed E-state index contributed by atoms with van der Waals surface area (Å²) < 4.78 is 6.39. The molecule has 0 aliphatic rings. The van der Waals surface area contributed by atoms with Gasteiger partial charge in [0.1, 0.15) is 11.2 Å². The predicted octanol–water partition coefficient (Wildman–Crippen LogP) is 14.9. The van der Waals surface area contributed by atoms with Crippen LogP contribution in [-0.2, 0) is 0 Å². The first kappa shape index (κ1) is 31.6. The van der Waals surface area contributed by atoms with Crippen molar-refractivity contribution < 1.29 is 4.42 Å². The summed E-state index contributed by atoms with van der Waals surface area (Å²) >= 11 is 0. The average molecular weight is 690 g/mol. The smallest absolute Gasteiger partial charge is 0.136 e. The van der Waals surface area contributed by atoms with Crippen LogP contribution in [0.5, 0.6) is 0 Å². The molecule has 0 N–H and O–H groups in total. The molecule has 0 saturated carbocycles. The minimum Gasteiger partial charge on any atom is -0.456 e. The molecule has 54 heavy (non-hydrogen) atoms. The lowest BCUT2D eigenvalue weighted by molar-refractivity contribution is 0.669. The van der Waals surface area contributed by atoms with Crippen LogP contribution in [0.3, 0.4) is 0 Å². The molecule has 0 amide bonds. The maximum absolute atomic E-state index is 6.39.